The average molecular weight is 276 g/mol. The molecule has 5 nitrogen and oxygen atoms in total. The van der Waals surface area contributed by atoms with E-state index in [1.807, 2.05) is 25.1 Å². The lowest BCUT2D eigenvalue weighted by Gasteiger charge is -2.23. The second-order valence-electron chi connectivity index (χ2n) is 5.72. The molecule has 1 aliphatic heterocycles. The maximum atomic E-state index is 12.1. The van der Waals surface area contributed by atoms with Gasteiger partial charge in [-0.05, 0) is 43.4 Å². The van der Waals surface area contributed by atoms with Crippen LogP contribution in [0.3, 0.4) is 0 Å². The number of rotatable bonds is 4. The number of nitrogens with one attached hydrogen (secondary N) is 1. The molecule has 0 radical (unpaired) electrons. The van der Waals surface area contributed by atoms with E-state index in [9.17, 15) is 4.79 Å². The van der Waals surface area contributed by atoms with E-state index in [0.29, 0.717) is 25.7 Å². The zero-order chi connectivity index (χ0) is 14.2. The van der Waals surface area contributed by atoms with E-state index in [-0.39, 0.29) is 5.91 Å². The monoisotopic (exact) mass is 276 g/mol. The number of hydrogen-bond acceptors (Lipinski definition) is 4. The van der Waals surface area contributed by atoms with Gasteiger partial charge < -0.3 is 20.5 Å². The van der Waals surface area contributed by atoms with E-state index in [4.69, 9.17) is 15.2 Å². The third kappa shape index (κ3) is 2.58. The zero-order valence-corrected chi connectivity index (χ0v) is 11.6. The van der Waals surface area contributed by atoms with Crippen molar-refractivity contribution >= 4 is 5.91 Å². The molecule has 1 atom stereocenters. The molecule has 5 heteroatoms. The average Bonchev–Trinajstić information content (AvgIpc) is 3.29. The lowest BCUT2D eigenvalue weighted by atomic mass is 9.96. The van der Waals surface area contributed by atoms with Gasteiger partial charge in [-0.3, -0.25) is 4.79 Å². The summed E-state index contributed by atoms with van der Waals surface area (Å²) >= 11 is 0. The maximum Gasteiger partial charge on any atom is 0.240 e. The van der Waals surface area contributed by atoms with Crippen LogP contribution in [0.5, 0.6) is 11.5 Å². The summed E-state index contributed by atoms with van der Waals surface area (Å²) in [5.74, 6) is 1.73. The number of carbonyl (C=O) groups is 1. The van der Waals surface area contributed by atoms with E-state index in [1.165, 1.54) is 0 Å². The second kappa shape index (κ2) is 4.98. The molecule has 1 unspecified atom stereocenters. The van der Waals surface area contributed by atoms with Crippen LogP contribution < -0.4 is 20.5 Å². The summed E-state index contributed by atoms with van der Waals surface area (Å²) < 4.78 is 11.0. The Balaban J connectivity index is 1.62. The van der Waals surface area contributed by atoms with E-state index in [1.54, 1.807) is 0 Å². The largest absolute Gasteiger partial charge is 0.486 e. The molecule has 1 aliphatic carbocycles. The Bertz CT molecular complexity index is 524. The summed E-state index contributed by atoms with van der Waals surface area (Å²) in [6, 6.07) is 5.71. The SMILES string of the molecule is CC(N)(C(=O)NCc1ccc2c(c1)OCCO2)C1CC1. The van der Waals surface area contributed by atoms with E-state index in [2.05, 4.69) is 5.32 Å². The minimum absolute atomic E-state index is 0.0881. The van der Waals surface area contributed by atoms with Crippen LogP contribution in [0, 0.1) is 5.92 Å². The molecular weight excluding hydrogens is 256 g/mol. The van der Waals surface area contributed by atoms with Gasteiger partial charge in [-0.25, -0.2) is 0 Å². The first-order valence-electron chi connectivity index (χ1n) is 7.03. The van der Waals surface area contributed by atoms with Crippen LogP contribution in [0.15, 0.2) is 18.2 Å². The normalized spacial score (nSPS) is 20.1. The number of ether oxygens (including phenoxy) is 2. The van der Waals surface area contributed by atoms with Crippen molar-refractivity contribution < 1.29 is 14.3 Å². The summed E-state index contributed by atoms with van der Waals surface area (Å²) in [7, 11) is 0. The lowest BCUT2D eigenvalue weighted by Crippen LogP contribution is -2.53. The van der Waals surface area contributed by atoms with E-state index >= 15 is 0 Å². The maximum absolute atomic E-state index is 12.1. The molecule has 1 aromatic rings. The highest BCUT2D eigenvalue weighted by molar-refractivity contribution is 5.86. The molecule has 108 valence electrons. The van der Waals surface area contributed by atoms with Crippen molar-refractivity contribution in [2.75, 3.05) is 13.2 Å². The predicted octanol–water partition coefficient (Wildman–Crippen LogP) is 1.20. The Hall–Kier alpha value is -1.75. The summed E-state index contributed by atoms with van der Waals surface area (Å²) in [6.45, 7) is 3.40. The summed E-state index contributed by atoms with van der Waals surface area (Å²) in [5, 5.41) is 2.91. The van der Waals surface area contributed by atoms with Crippen molar-refractivity contribution in [2.24, 2.45) is 11.7 Å². The first kappa shape index (κ1) is 13.2. The first-order chi connectivity index (χ1) is 9.57. The van der Waals surface area contributed by atoms with Gasteiger partial charge in [0.2, 0.25) is 5.91 Å². The van der Waals surface area contributed by atoms with Gasteiger partial charge in [0.05, 0.1) is 5.54 Å². The number of hydrogen-bond donors (Lipinski definition) is 2. The van der Waals surface area contributed by atoms with E-state index < -0.39 is 5.54 Å². The van der Waals surface area contributed by atoms with Crippen molar-refractivity contribution in [3.8, 4) is 11.5 Å². The minimum atomic E-state index is -0.756. The molecule has 1 heterocycles. The Labute approximate surface area is 118 Å². The zero-order valence-electron chi connectivity index (χ0n) is 11.6. The van der Waals surface area contributed by atoms with Crippen molar-refractivity contribution in [3.05, 3.63) is 23.8 Å². The molecule has 1 saturated carbocycles. The number of amides is 1. The molecule has 1 aromatic carbocycles. The van der Waals surface area contributed by atoms with Gasteiger partial charge in [-0.15, -0.1) is 0 Å². The standard InChI is InChI=1S/C15H20N2O3/c1-15(16,11-3-4-11)14(18)17-9-10-2-5-12-13(8-10)20-7-6-19-12/h2,5,8,11H,3-4,6-7,9,16H2,1H3,(H,17,18). The van der Waals surface area contributed by atoms with Crippen LogP contribution in [-0.4, -0.2) is 24.7 Å². The van der Waals surface area contributed by atoms with Gasteiger partial charge in [0.1, 0.15) is 13.2 Å². The molecule has 20 heavy (non-hydrogen) atoms. The molecule has 0 spiro atoms. The molecular formula is C15H20N2O3. The van der Waals surface area contributed by atoms with Crippen molar-refractivity contribution in [1.29, 1.82) is 0 Å². The minimum Gasteiger partial charge on any atom is -0.486 e. The van der Waals surface area contributed by atoms with Gasteiger partial charge in [-0.1, -0.05) is 6.07 Å². The molecule has 0 aromatic heterocycles. The van der Waals surface area contributed by atoms with Crippen LogP contribution in [0.25, 0.3) is 0 Å². The summed E-state index contributed by atoms with van der Waals surface area (Å²) in [6.07, 6.45) is 2.09. The smallest absolute Gasteiger partial charge is 0.240 e. The van der Waals surface area contributed by atoms with Crippen LogP contribution >= 0.6 is 0 Å². The highest BCUT2D eigenvalue weighted by atomic mass is 16.6. The molecule has 3 rings (SSSR count). The van der Waals surface area contributed by atoms with Gasteiger partial charge in [0, 0.05) is 6.54 Å². The van der Waals surface area contributed by atoms with Crippen LogP contribution in [0.4, 0.5) is 0 Å². The Morgan fingerprint density at radius 2 is 2.05 bits per heavy atom. The Morgan fingerprint density at radius 1 is 1.35 bits per heavy atom. The summed E-state index contributed by atoms with van der Waals surface area (Å²) in [5.41, 5.74) is 6.31. The quantitative estimate of drug-likeness (QED) is 0.866. The molecule has 0 saturated heterocycles. The number of fused-ring (bicyclic) bond motifs is 1. The Kier molecular flexibility index (Phi) is 3.30. The topological polar surface area (TPSA) is 73.6 Å². The van der Waals surface area contributed by atoms with Gasteiger partial charge >= 0.3 is 0 Å². The number of carbonyl (C=O) groups excluding carboxylic acids is 1. The van der Waals surface area contributed by atoms with Crippen molar-refractivity contribution in [2.45, 2.75) is 31.8 Å². The number of nitrogens with two attached hydrogens (primary N) is 1. The van der Waals surface area contributed by atoms with Crippen molar-refractivity contribution in [1.82, 2.24) is 5.32 Å². The van der Waals surface area contributed by atoms with Crippen LogP contribution in [0.2, 0.25) is 0 Å². The molecule has 0 bridgehead atoms. The van der Waals surface area contributed by atoms with E-state index in [0.717, 1.165) is 29.9 Å². The van der Waals surface area contributed by atoms with Crippen LogP contribution in [-0.2, 0) is 11.3 Å². The van der Waals surface area contributed by atoms with Gasteiger partial charge in [0.25, 0.3) is 0 Å². The fourth-order valence-electron chi connectivity index (χ4n) is 2.44. The van der Waals surface area contributed by atoms with Gasteiger partial charge in [0.15, 0.2) is 11.5 Å². The first-order valence-corrected chi connectivity index (χ1v) is 7.03. The summed E-state index contributed by atoms with van der Waals surface area (Å²) in [4.78, 5) is 12.1. The fourth-order valence-corrected chi connectivity index (χ4v) is 2.44. The fraction of sp³-hybridized carbons (Fsp3) is 0.533. The third-order valence-electron chi connectivity index (χ3n) is 3.97. The molecule has 3 N–H and O–H groups in total. The lowest BCUT2D eigenvalue weighted by molar-refractivity contribution is -0.126. The van der Waals surface area contributed by atoms with Crippen LogP contribution in [0.1, 0.15) is 25.3 Å². The predicted molar refractivity (Wildman–Crippen MR) is 74.6 cm³/mol. The molecule has 1 fully saturated rings. The van der Waals surface area contributed by atoms with Gasteiger partial charge in [-0.2, -0.15) is 0 Å². The molecule has 2 aliphatic rings. The van der Waals surface area contributed by atoms with Crippen molar-refractivity contribution in [3.63, 3.8) is 0 Å². The Morgan fingerprint density at radius 3 is 2.75 bits per heavy atom. The highest BCUT2D eigenvalue weighted by Gasteiger charge is 2.43. The second-order valence-corrected chi connectivity index (χ2v) is 5.72. The highest BCUT2D eigenvalue weighted by Crippen LogP contribution is 2.38. The molecule has 1 amide bonds. The third-order valence-corrected chi connectivity index (χ3v) is 3.97. The number of benzene rings is 1.